The van der Waals surface area contributed by atoms with Crippen LogP contribution < -0.4 is 31.9 Å². The van der Waals surface area contributed by atoms with Gasteiger partial charge in [0.2, 0.25) is 5.91 Å². The Bertz CT molecular complexity index is 4260. The van der Waals surface area contributed by atoms with Crippen LogP contribution in [0.5, 0.6) is 0 Å². The number of thioether (sulfide) groups is 2. The first-order valence-corrected chi connectivity index (χ1v) is 45.9. The molecule has 4 aromatic carbocycles. The fourth-order valence-corrected chi connectivity index (χ4v) is 15.0. The minimum atomic E-state index is -1.49. The fourth-order valence-electron chi connectivity index (χ4n) is 11.3. The van der Waals surface area contributed by atoms with E-state index in [9.17, 15) is 52.7 Å². The number of unbranched alkanes of at least 4 members (excludes halogenated alkanes) is 8. The molecular weight excluding hydrogens is 1520 g/mol. The third-order valence-corrected chi connectivity index (χ3v) is 22.6. The van der Waals surface area contributed by atoms with Gasteiger partial charge in [-0.15, -0.1) is 22.7 Å². The molecule has 0 radical (unpaired) electrons. The van der Waals surface area contributed by atoms with E-state index in [-0.39, 0.29) is 84.3 Å². The van der Waals surface area contributed by atoms with Crippen LogP contribution in [-0.4, -0.2) is 130 Å². The summed E-state index contributed by atoms with van der Waals surface area (Å²) in [5, 5.41) is 24.1. The van der Waals surface area contributed by atoms with Gasteiger partial charge in [0.25, 0.3) is 23.6 Å². The predicted octanol–water partition coefficient (Wildman–Crippen LogP) is 15.6. The lowest BCUT2D eigenvalue weighted by atomic mass is 9.98. The summed E-state index contributed by atoms with van der Waals surface area (Å²) in [6.45, 7) is 19.7. The molecule has 1 aliphatic heterocycles. The summed E-state index contributed by atoms with van der Waals surface area (Å²) in [5.74, 6) is -4.00. The van der Waals surface area contributed by atoms with Crippen LogP contribution >= 0.6 is 46.2 Å². The molecule has 0 aliphatic carbocycles. The quantitative estimate of drug-likeness (QED) is 0.00527. The third-order valence-electron chi connectivity index (χ3n) is 17.3. The molecule has 1 aliphatic rings. The van der Waals surface area contributed by atoms with Crippen molar-refractivity contribution in [2.75, 3.05) is 18.1 Å². The minimum Gasteiger partial charge on any atom is -0.466 e. The van der Waals surface area contributed by atoms with Crippen LogP contribution in [0.2, 0.25) is 25.7 Å². The van der Waals surface area contributed by atoms with Gasteiger partial charge in [-0.25, -0.2) is 24.4 Å². The zero-order valence-electron chi connectivity index (χ0n) is 66.1. The van der Waals surface area contributed by atoms with Crippen molar-refractivity contribution >= 4 is 140 Å². The highest BCUT2D eigenvalue weighted by Gasteiger charge is 2.32. The Morgan fingerprint density at radius 2 is 1.36 bits per heavy atom. The van der Waals surface area contributed by atoms with Crippen LogP contribution in [0.25, 0.3) is 21.5 Å². The highest BCUT2D eigenvalue weighted by atomic mass is 32.2. The predicted molar refractivity (Wildman–Crippen MR) is 448 cm³/mol. The van der Waals surface area contributed by atoms with Crippen LogP contribution in [0.3, 0.4) is 0 Å². The average molecular weight is 1630 g/mol. The first-order valence-electron chi connectivity index (χ1n) is 38.5. The molecule has 6 aromatic rings. The fraction of sp³-hybridized carbons (Fsp3) is 0.464. The summed E-state index contributed by atoms with van der Waals surface area (Å²) in [7, 11) is -1.49. The number of hydrogen-bond donors (Lipinski definition) is 6. The molecule has 6 N–H and O–H groups in total. The third kappa shape index (κ3) is 34.5. The molecule has 0 unspecified atom stereocenters. The number of rotatable bonds is 37. The number of fused-ring (bicyclic) bond motifs is 4. The van der Waals surface area contributed by atoms with E-state index in [1.54, 1.807) is 58.2 Å². The second-order valence-corrected chi connectivity index (χ2v) is 38.8. The number of esters is 3. The molecule has 23 nitrogen and oxygen atoms in total. The van der Waals surface area contributed by atoms with Gasteiger partial charge in [0.1, 0.15) is 62.7 Å². The number of nitrogens with one attached hydrogen (secondary N) is 6. The molecule has 6 amide bonds. The Kier molecular flexibility index (Phi) is 39.9. The van der Waals surface area contributed by atoms with Gasteiger partial charge in [-0.1, -0.05) is 218 Å². The zero-order chi connectivity index (χ0) is 81.4. The summed E-state index contributed by atoms with van der Waals surface area (Å²) in [6.07, 6.45) is 19.9. The Labute approximate surface area is 675 Å². The second-order valence-electron chi connectivity index (χ2n) is 29.0. The van der Waals surface area contributed by atoms with Gasteiger partial charge in [0, 0.05) is 56.0 Å². The second kappa shape index (κ2) is 48.7. The standard InChI is InChI=1S/C47H66N4O9S2Si.C37H44N4O6S2/c1-9-11-12-13-14-25-42(53)61-27-18-17-23-35(30-41(52)58-26-28-63(6,7)8)59-45(56)38(29-34-22-19-21-33-20-15-16-24-36(33)34)51-43(54)37(10-2)50-44(55)39-32-62-40(49-39)31-48-46(57)60-47(3,4)5;1-3-5-6-7-8-19-34(43)48-20-12-11-17-27-22-32(42)38-23-33-39-31(24-49-33)36(45)40-29(4-2)35(44)41-30(37(46)47-27)21-26-16-13-15-25-14-9-10-18-28(25)26/h10,15-17,19-24,32,35,38H,9,11-14,18,25-31H2,1-8H3,(H,48,57)(H,50,55)(H,51,54);4,9-11,13-18,24,27,30H,3,5-8,12,19-23H2,1-2H3,(H,38,42)(H,40,45)(H,41,44)/b23-17+,37-10-;17-11+,29-4-/t35-,38+;27-,30+/m11/s1. The number of ether oxygens (including phenoxy) is 4. The number of hydrogen-bond acceptors (Lipinski definition) is 21. The molecule has 2 aromatic heterocycles. The Morgan fingerprint density at radius 1 is 0.741 bits per heavy atom. The van der Waals surface area contributed by atoms with E-state index in [0.717, 1.165) is 101 Å². The molecule has 7 rings (SSSR count). The van der Waals surface area contributed by atoms with Gasteiger partial charge in [-0.2, -0.15) is 0 Å². The van der Waals surface area contributed by atoms with Crippen LogP contribution in [-0.2, 0) is 83.2 Å². The van der Waals surface area contributed by atoms with Crippen LogP contribution in [0.1, 0.15) is 193 Å². The van der Waals surface area contributed by atoms with E-state index in [1.807, 2.05) is 91.0 Å². The number of benzene rings is 4. The molecule has 0 saturated heterocycles. The number of amides is 6. The molecule has 604 valence electrons. The number of nitrogens with zero attached hydrogens (tertiary/aromatic N) is 2. The maximum absolute atomic E-state index is 14.2. The lowest BCUT2D eigenvalue weighted by Crippen LogP contribution is -2.47. The molecule has 0 fully saturated rings. The van der Waals surface area contributed by atoms with Crippen molar-refractivity contribution in [3.05, 3.63) is 176 Å². The van der Waals surface area contributed by atoms with Crippen LogP contribution in [0.4, 0.5) is 4.79 Å². The highest BCUT2D eigenvalue weighted by Crippen LogP contribution is 2.25. The molecule has 28 heteroatoms. The van der Waals surface area contributed by atoms with E-state index in [2.05, 4.69) is 75.4 Å². The van der Waals surface area contributed by atoms with Crippen molar-refractivity contribution in [1.82, 2.24) is 41.9 Å². The number of carbonyl (C=O) groups is 11. The normalized spacial score (nSPS) is 15.5. The monoisotopic (exact) mass is 1630 g/mol. The van der Waals surface area contributed by atoms with Crippen molar-refractivity contribution in [2.45, 2.75) is 233 Å². The summed E-state index contributed by atoms with van der Waals surface area (Å²) in [4.78, 5) is 153. The van der Waals surface area contributed by atoms with E-state index in [0.29, 0.717) is 47.2 Å². The molecule has 0 saturated carbocycles. The Morgan fingerprint density at radius 3 is 1.98 bits per heavy atom. The van der Waals surface area contributed by atoms with E-state index < -0.39 is 85.6 Å². The molecule has 3 heterocycles. The molecule has 4 atom stereocenters. The number of allylic oxidation sites excluding steroid dienone is 4. The first-order chi connectivity index (χ1) is 53.6. The Hall–Kier alpha value is -9.09. The van der Waals surface area contributed by atoms with Gasteiger partial charge < -0.3 is 50.8 Å². The van der Waals surface area contributed by atoms with Gasteiger partial charge in [-0.3, -0.25) is 38.4 Å². The first kappa shape index (κ1) is 91.8. The van der Waals surface area contributed by atoms with Crippen molar-refractivity contribution in [3.63, 3.8) is 0 Å². The van der Waals surface area contributed by atoms with E-state index in [4.69, 9.17) is 18.9 Å². The number of aromatic nitrogens is 2. The van der Waals surface area contributed by atoms with Crippen molar-refractivity contribution < 1.29 is 71.7 Å². The lowest BCUT2D eigenvalue weighted by Gasteiger charge is -2.22. The average Bonchev–Trinajstić information content (AvgIpc) is 1.74. The summed E-state index contributed by atoms with van der Waals surface area (Å²) < 4.78 is 22.7. The largest absolute Gasteiger partial charge is 0.466 e. The number of thiazole rings is 2. The van der Waals surface area contributed by atoms with Gasteiger partial charge >= 0.3 is 24.0 Å². The smallest absolute Gasteiger partial charge is 0.408 e. The number of alkyl carbamates (subject to hydrolysis) is 1. The Balaban J connectivity index is 0.000000360. The zero-order valence-corrected chi connectivity index (χ0v) is 70.4. The highest BCUT2D eigenvalue weighted by molar-refractivity contribution is 8.13. The van der Waals surface area contributed by atoms with Crippen LogP contribution in [0, 0.1) is 0 Å². The maximum atomic E-state index is 14.2. The van der Waals surface area contributed by atoms with Crippen molar-refractivity contribution in [1.29, 1.82) is 0 Å². The van der Waals surface area contributed by atoms with Crippen molar-refractivity contribution in [2.24, 2.45) is 0 Å². The molecule has 0 spiro atoms. The van der Waals surface area contributed by atoms with Crippen molar-refractivity contribution in [3.8, 4) is 0 Å². The topological polar surface area (TPSA) is 323 Å². The molecule has 2 bridgehead atoms. The van der Waals surface area contributed by atoms with E-state index in [1.165, 1.54) is 65.2 Å². The maximum Gasteiger partial charge on any atom is 0.408 e. The van der Waals surface area contributed by atoms with Gasteiger partial charge in [0.05, 0.1) is 32.5 Å². The summed E-state index contributed by atoms with van der Waals surface area (Å²) in [6, 6.07) is 25.2. The van der Waals surface area contributed by atoms with E-state index >= 15 is 0 Å². The lowest BCUT2D eigenvalue weighted by molar-refractivity contribution is -0.155. The summed E-state index contributed by atoms with van der Waals surface area (Å²) >= 11 is 4.91. The number of carbonyl (C=O) groups excluding carboxylic acids is 11. The molecular formula is C84H110N8O15S4Si. The van der Waals surface area contributed by atoms with Gasteiger partial charge in [0.15, 0.2) is 10.2 Å². The summed E-state index contributed by atoms with van der Waals surface area (Å²) in [5.41, 5.74) is 0.854. The van der Waals surface area contributed by atoms with Crippen LogP contribution in [0.15, 0.2) is 144 Å². The molecule has 112 heavy (non-hydrogen) atoms. The van der Waals surface area contributed by atoms with Gasteiger partial charge in [-0.05, 0) is 111 Å². The number of cyclic esters (lactones) is 1. The SMILES string of the molecule is C/C=C(\NC(=O)c1csc(CNC(=O)OC(C)(C)C)n1)C(=O)N[C@@H](Cc1cccc2ccccc12)C(=O)O[C@H](/C=C/CCSC(=O)CCCCCCC)CC(=O)OCC[Si](C)(C)C.C/C=C1\NC(=O)c2csc(n2)CNC(=O)C[C@@H](/C=C/CCSC(=O)CCCCCCC)OC(=O)[C@H](Cc2cccc3ccccc23)NC1=O. The minimum absolute atomic E-state index is 0.0244.